The number of hydrogen-bond acceptors (Lipinski definition) is 3. The predicted octanol–water partition coefficient (Wildman–Crippen LogP) is 1.09. The molecule has 2 aliphatic rings. The van der Waals surface area contributed by atoms with Crippen molar-refractivity contribution in [2.75, 3.05) is 13.1 Å². The molecule has 1 aromatic rings. The van der Waals surface area contributed by atoms with Crippen LogP contribution in [0.2, 0.25) is 0 Å². The highest BCUT2D eigenvalue weighted by Gasteiger charge is 2.37. The van der Waals surface area contributed by atoms with Gasteiger partial charge in [0.15, 0.2) is 0 Å². The molecule has 0 aromatic carbocycles. The zero-order chi connectivity index (χ0) is 17.4. The molecule has 3 rings (SSSR count). The molecule has 3 atom stereocenters. The molecule has 130 valence electrons. The molecule has 2 aliphatic heterocycles. The van der Waals surface area contributed by atoms with Crippen LogP contribution in [0.3, 0.4) is 0 Å². The van der Waals surface area contributed by atoms with E-state index in [0.717, 1.165) is 12.1 Å². The summed E-state index contributed by atoms with van der Waals surface area (Å²) in [5, 5.41) is 11.9. The van der Waals surface area contributed by atoms with Crippen LogP contribution in [0.15, 0.2) is 23.0 Å². The van der Waals surface area contributed by atoms with E-state index in [-0.39, 0.29) is 29.3 Å². The van der Waals surface area contributed by atoms with E-state index in [1.165, 1.54) is 0 Å². The number of carboxylic acid groups (broad SMARTS) is 1. The minimum Gasteiger partial charge on any atom is -0.480 e. The van der Waals surface area contributed by atoms with Gasteiger partial charge in [-0.05, 0) is 24.3 Å². The summed E-state index contributed by atoms with van der Waals surface area (Å²) >= 11 is 0. The number of urea groups is 1. The lowest BCUT2D eigenvalue weighted by Crippen LogP contribution is -2.55. The molecule has 0 aliphatic carbocycles. The molecule has 2 N–H and O–H groups in total. The van der Waals surface area contributed by atoms with Crippen molar-refractivity contribution in [2.45, 2.75) is 38.8 Å². The van der Waals surface area contributed by atoms with Crippen LogP contribution in [0.1, 0.15) is 31.9 Å². The Morgan fingerprint density at radius 1 is 1.25 bits per heavy atom. The van der Waals surface area contributed by atoms with Crippen LogP contribution in [0.4, 0.5) is 4.79 Å². The summed E-state index contributed by atoms with van der Waals surface area (Å²) in [6, 6.07) is 4.03. The number of likely N-dealkylation sites (tertiary alicyclic amines) is 1. The van der Waals surface area contributed by atoms with Crippen molar-refractivity contribution >= 4 is 12.0 Å². The van der Waals surface area contributed by atoms with Crippen molar-refractivity contribution in [1.82, 2.24) is 14.8 Å². The standard InChI is InChI=1S/C17H23N3O4/c1-10(2)15(16(22)23)18-17(24)19-7-11-6-12(9-19)13-4-3-5-14(21)20(13)8-11/h3-5,10-12,15H,6-9H2,1-2H3,(H,18,24)(H,22,23)/t11?,12?,15-/m0/s1. The summed E-state index contributed by atoms with van der Waals surface area (Å²) in [7, 11) is 0. The van der Waals surface area contributed by atoms with E-state index in [4.69, 9.17) is 0 Å². The van der Waals surface area contributed by atoms with Crippen LogP contribution in [-0.2, 0) is 11.3 Å². The monoisotopic (exact) mass is 333 g/mol. The first-order valence-corrected chi connectivity index (χ1v) is 8.34. The zero-order valence-electron chi connectivity index (χ0n) is 13.9. The third kappa shape index (κ3) is 3.02. The predicted molar refractivity (Wildman–Crippen MR) is 87.9 cm³/mol. The minimum absolute atomic E-state index is 0.00542. The first kappa shape index (κ1) is 16.5. The Morgan fingerprint density at radius 2 is 2.00 bits per heavy atom. The molecule has 3 heterocycles. The Balaban J connectivity index is 1.76. The highest BCUT2D eigenvalue weighted by molar-refractivity contribution is 5.82. The highest BCUT2D eigenvalue weighted by Crippen LogP contribution is 2.34. The SMILES string of the molecule is CC(C)[C@H](NC(=O)N1CC2CC(C1)c1cccc(=O)n1C2)C(=O)O. The maximum Gasteiger partial charge on any atom is 0.326 e. The van der Waals surface area contributed by atoms with Gasteiger partial charge in [0, 0.05) is 37.3 Å². The number of amides is 2. The van der Waals surface area contributed by atoms with Gasteiger partial charge in [-0.2, -0.15) is 0 Å². The van der Waals surface area contributed by atoms with E-state index in [1.807, 2.05) is 10.6 Å². The average molecular weight is 333 g/mol. The quantitative estimate of drug-likeness (QED) is 0.866. The molecule has 2 unspecified atom stereocenters. The third-order valence-corrected chi connectivity index (χ3v) is 4.98. The van der Waals surface area contributed by atoms with E-state index in [2.05, 4.69) is 5.32 Å². The Bertz CT molecular complexity index is 712. The van der Waals surface area contributed by atoms with Crippen molar-refractivity contribution in [3.8, 4) is 0 Å². The van der Waals surface area contributed by atoms with E-state index in [0.29, 0.717) is 19.6 Å². The van der Waals surface area contributed by atoms with Crippen molar-refractivity contribution in [3.05, 3.63) is 34.2 Å². The first-order valence-electron chi connectivity index (χ1n) is 8.34. The van der Waals surface area contributed by atoms with Crippen LogP contribution in [-0.4, -0.2) is 45.7 Å². The number of aliphatic carboxylic acids is 1. The normalized spacial score (nSPS) is 23.5. The largest absolute Gasteiger partial charge is 0.480 e. The van der Waals surface area contributed by atoms with Gasteiger partial charge < -0.3 is 19.9 Å². The number of carboxylic acids is 1. The number of nitrogens with one attached hydrogen (secondary N) is 1. The molecule has 2 amide bonds. The average Bonchev–Trinajstić information content (AvgIpc) is 2.52. The number of rotatable bonds is 3. The number of carbonyl (C=O) groups is 2. The fourth-order valence-corrected chi connectivity index (χ4v) is 3.80. The smallest absolute Gasteiger partial charge is 0.326 e. The maximum absolute atomic E-state index is 12.5. The van der Waals surface area contributed by atoms with Crippen LogP contribution in [0.25, 0.3) is 0 Å². The second-order valence-corrected chi connectivity index (χ2v) is 7.11. The second kappa shape index (κ2) is 6.30. The van der Waals surface area contributed by atoms with Gasteiger partial charge in [-0.1, -0.05) is 19.9 Å². The molecule has 0 radical (unpaired) electrons. The summed E-state index contributed by atoms with van der Waals surface area (Å²) in [5.41, 5.74) is 0.973. The lowest BCUT2D eigenvalue weighted by Gasteiger charge is -2.43. The molecule has 2 bridgehead atoms. The summed E-state index contributed by atoms with van der Waals surface area (Å²) in [5.74, 6) is -0.855. The number of carbonyl (C=O) groups excluding carboxylic acids is 1. The Labute approximate surface area is 140 Å². The topological polar surface area (TPSA) is 91.6 Å². The van der Waals surface area contributed by atoms with E-state index >= 15 is 0 Å². The minimum atomic E-state index is -1.02. The number of pyridine rings is 1. The first-order chi connectivity index (χ1) is 11.4. The van der Waals surface area contributed by atoms with E-state index in [9.17, 15) is 19.5 Å². The van der Waals surface area contributed by atoms with Crippen molar-refractivity contribution in [1.29, 1.82) is 0 Å². The van der Waals surface area contributed by atoms with Gasteiger partial charge in [-0.25, -0.2) is 9.59 Å². The molecular weight excluding hydrogens is 310 g/mol. The molecule has 0 spiro atoms. The van der Waals surface area contributed by atoms with E-state index in [1.54, 1.807) is 30.9 Å². The number of piperidine rings is 1. The van der Waals surface area contributed by atoms with Crippen LogP contribution >= 0.6 is 0 Å². The number of aromatic nitrogens is 1. The van der Waals surface area contributed by atoms with Crippen molar-refractivity contribution in [2.24, 2.45) is 11.8 Å². The van der Waals surface area contributed by atoms with Crippen molar-refractivity contribution < 1.29 is 14.7 Å². The van der Waals surface area contributed by atoms with Gasteiger partial charge in [0.25, 0.3) is 5.56 Å². The summed E-state index contributed by atoms with van der Waals surface area (Å²) in [4.78, 5) is 37.5. The van der Waals surface area contributed by atoms with Gasteiger partial charge in [-0.15, -0.1) is 0 Å². The Kier molecular flexibility index (Phi) is 4.34. The molecule has 0 saturated carbocycles. The second-order valence-electron chi connectivity index (χ2n) is 7.11. The van der Waals surface area contributed by atoms with Gasteiger partial charge in [0.05, 0.1) is 0 Å². The number of hydrogen-bond donors (Lipinski definition) is 2. The number of fused-ring (bicyclic) bond motifs is 4. The fourth-order valence-electron chi connectivity index (χ4n) is 3.80. The molecule has 7 nitrogen and oxygen atoms in total. The zero-order valence-corrected chi connectivity index (χ0v) is 13.9. The lowest BCUT2D eigenvalue weighted by molar-refractivity contribution is -0.140. The molecule has 1 fully saturated rings. The van der Waals surface area contributed by atoms with Crippen molar-refractivity contribution in [3.63, 3.8) is 0 Å². The van der Waals surface area contributed by atoms with Crippen LogP contribution < -0.4 is 10.9 Å². The van der Waals surface area contributed by atoms with Gasteiger partial charge in [-0.3, -0.25) is 4.79 Å². The molecule has 24 heavy (non-hydrogen) atoms. The van der Waals surface area contributed by atoms with Gasteiger partial charge >= 0.3 is 12.0 Å². The molecule has 1 saturated heterocycles. The molecule has 7 heteroatoms. The molecular formula is C17H23N3O4. The summed E-state index contributed by atoms with van der Waals surface area (Å²) in [6.07, 6.45) is 0.958. The van der Waals surface area contributed by atoms with E-state index < -0.39 is 12.0 Å². The summed E-state index contributed by atoms with van der Waals surface area (Å²) < 4.78 is 1.81. The Hall–Kier alpha value is -2.31. The van der Waals surface area contributed by atoms with Gasteiger partial charge in [0.1, 0.15) is 6.04 Å². The molecule has 1 aromatic heterocycles. The maximum atomic E-state index is 12.5. The van der Waals surface area contributed by atoms with Gasteiger partial charge in [0.2, 0.25) is 0 Å². The fraction of sp³-hybridized carbons (Fsp3) is 0.588. The van der Waals surface area contributed by atoms with Crippen LogP contribution in [0.5, 0.6) is 0 Å². The third-order valence-electron chi connectivity index (χ3n) is 4.98. The number of nitrogens with zero attached hydrogens (tertiary/aromatic N) is 2. The van der Waals surface area contributed by atoms with Crippen LogP contribution in [0, 0.1) is 11.8 Å². The lowest BCUT2D eigenvalue weighted by atomic mass is 9.83. The highest BCUT2D eigenvalue weighted by atomic mass is 16.4. The Morgan fingerprint density at radius 3 is 2.67 bits per heavy atom. The summed E-state index contributed by atoms with van der Waals surface area (Å²) in [6.45, 7) is 5.21.